The van der Waals surface area contributed by atoms with Gasteiger partial charge < -0.3 is 15.5 Å². The Hall–Kier alpha value is -1.39. The first-order valence-electron chi connectivity index (χ1n) is 7.33. The molecule has 0 saturated heterocycles. The quantitative estimate of drug-likeness (QED) is 0.737. The molecule has 20 heavy (non-hydrogen) atoms. The van der Waals surface area contributed by atoms with E-state index in [0.717, 1.165) is 31.2 Å². The van der Waals surface area contributed by atoms with Crippen LogP contribution >= 0.6 is 0 Å². The minimum atomic E-state index is -0.753. The molecule has 1 aliphatic rings. The fraction of sp³-hybridized carbons (Fsp3) is 0.562. The number of carbonyl (C=O) groups is 1. The average molecular weight is 277 g/mol. The van der Waals surface area contributed by atoms with Crippen LogP contribution in [0.4, 0.5) is 0 Å². The van der Waals surface area contributed by atoms with E-state index in [9.17, 15) is 9.90 Å². The normalized spacial score (nSPS) is 18.3. The van der Waals surface area contributed by atoms with Crippen molar-refractivity contribution in [2.45, 2.75) is 50.7 Å². The van der Waals surface area contributed by atoms with E-state index in [1.807, 2.05) is 0 Å². The van der Waals surface area contributed by atoms with Crippen molar-refractivity contribution in [3.8, 4) is 0 Å². The van der Waals surface area contributed by atoms with Gasteiger partial charge in [0.1, 0.15) is 0 Å². The Morgan fingerprint density at radius 2 is 1.70 bits per heavy atom. The van der Waals surface area contributed by atoms with Crippen LogP contribution in [0.15, 0.2) is 24.3 Å². The molecule has 1 aromatic rings. The van der Waals surface area contributed by atoms with E-state index in [0.29, 0.717) is 12.1 Å². The largest absolute Gasteiger partial charge is 0.392 e. The number of aliphatic hydroxyl groups excluding tert-OH is 1. The molecule has 0 bridgehead atoms. The van der Waals surface area contributed by atoms with Crippen LogP contribution in [-0.4, -0.2) is 28.3 Å². The number of benzene rings is 1. The molecule has 1 aromatic carbocycles. The van der Waals surface area contributed by atoms with Crippen LogP contribution in [0.3, 0.4) is 0 Å². The second-order valence-electron chi connectivity index (χ2n) is 5.68. The van der Waals surface area contributed by atoms with Crippen molar-refractivity contribution in [3.63, 3.8) is 0 Å². The summed E-state index contributed by atoms with van der Waals surface area (Å²) in [5, 5.41) is 22.3. The summed E-state index contributed by atoms with van der Waals surface area (Å²) in [6.45, 7) is 0.287. The summed E-state index contributed by atoms with van der Waals surface area (Å²) >= 11 is 0. The third kappa shape index (κ3) is 4.05. The van der Waals surface area contributed by atoms with Gasteiger partial charge >= 0.3 is 0 Å². The highest BCUT2D eigenvalue weighted by Gasteiger charge is 2.28. The van der Waals surface area contributed by atoms with Crippen LogP contribution < -0.4 is 5.32 Å². The van der Waals surface area contributed by atoms with Crippen molar-refractivity contribution < 1.29 is 15.0 Å². The van der Waals surface area contributed by atoms with Gasteiger partial charge in [-0.1, -0.05) is 37.8 Å². The van der Waals surface area contributed by atoms with Crippen LogP contribution in [0.2, 0.25) is 0 Å². The molecule has 3 N–H and O–H groups in total. The maximum absolute atomic E-state index is 12.0. The van der Waals surface area contributed by atoms with Crippen LogP contribution in [-0.2, 0) is 6.61 Å². The zero-order chi connectivity index (χ0) is 14.4. The first-order chi connectivity index (χ1) is 9.63. The van der Waals surface area contributed by atoms with E-state index in [1.165, 1.54) is 12.8 Å². The molecule has 0 aliphatic heterocycles. The standard InChI is InChI=1S/C16H23NO3/c18-11-13-5-7-14(8-6-13)15(19)17-12-16(20)9-3-1-2-4-10-16/h5-8,18,20H,1-4,9-12H2,(H,17,19). The lowest BCUT2D eigenvalue weighted by molar-refractivity contribution is 0.0246. The highest BCUT2D eigenvalue weighted by Crippen LogP contribution is 2.26. The first-order valence-corrected chi connectivity index (χ1v) is 7.33. The number of rotatable bonds is 4. The second-order valence-corrected chi connectivity index (χ2v) is 5.68. The Bertz CT molecular complexity index is 434. The van der Waals surface area contributed by atoms with E-state index in [1.54, 1.807) is 24.3 Å². The Morgan fingerprint density at radius 3 is 2.25 bits per heavy atom. The Kier molecular flexibility index (Phi) is 5.15. The average Bonchev–Trinajstić information content (AvgIpc) is 2.70. The molecule has 0 aromatic heterocycles. The molecule has 0 spiro atoms. The van der Waals surface area contributed by atoms with Crippen molar-refractivity contribution in [3.05, 3.63) is 35.4 Å². The first kappa shape index (κ1) is 15.0. The molecular formula is C16H23NO3. The third-order valence-electron chi connectivity index (χ3n) is 4.01. The van der Waals surface area contributed by atoms with Crippen molar-refractivity contribution in [2.75, 3.05) is 6.54 Å². The number of carbonyl (C=O) groups excluding carboxylic acids is 1. The molecular weight excluding hydrogens is 254 g/mol. The minimum Gasteiger partial charge on any atom is -0.392 e. The van der Waals surface area contributed by atoms with Gasteiger partial charge in [0.15, 0.2) is 0 Å². The SMILES string of the molecule is O=C(NCC1(O)CCCCCC1)c1ccc(CO)cc1. The van der Waals surface area contributed by atoms with Crippen LogP contribution in [0, 0.1) is 0 Å². The van der Waals surface area contributed by atoms with Gasteiger partial charge in [-0.05, 0) is 30.5 Å². The fourth-order valence-corrected chi connectivity index (χ4v) is 2.67. The summed E-state index contributed by atoms with van der Waals surface area (Å²) in [5.74, 6) is -0.174. The molecule has 1 fully saturated rings. The number of nitrogens with one attached hydrogen (secondary N) is 1. The zero-order valence-electron chi connectivity index (χ0n) is 11.8. The smallest absolute Gasteiger partial charge is 0.251 e. The molecule has 1 aliphatic carbocycles. The number of hydrogen-bond donors (Lipinski definition) is 3. The lowest BCUT2D eigenvalue weighted by Gasteiger charge is -2.26. The Balaban J connectivity index is 1.90. The van der Waals surface area contributed by atoms with Gasteiger partial charge in [0.05, 0.1) is 12.2 Å². The molecule has 4 nitrogen and oxygen atoms in total. The lowest BCUT2D eigenvalue weighted by atomic mass is 9.94. The fourth-order valence-electron chi connectivity index (χ4n) is 2.67. The molecule has 0 unspecified atom stereocenters. The molecule has 0 atom stereocenters. The van der Waals surface area contributed by atoms with Gasteiger partial charge in [-0.25, -0.2) is 0 Å². The van der Waals surface area contributed by atoms with Crippen molar-refractivity contribution in [1.82, 2.24) is 5.32 Å². The minimum absolute atomic E-state index is 0.0261. The summed E-state index contributed by atoms with van der Waals surface area (Å²) in [4.78, 5) is 12.0. The van der Waals surface area contributed by atoms with Gasteiger partial charge in [0.25, 0.3) is 5.91 Å². The molecule has 110 valence electrons. The topological polar surface area (TPSA) is 69.6 Å². The van der Waals surface area contributed by atoms with E-state index in [2.05, 4.69) is 5.32 Å². The van der Waals surface area contributed by atoms with Crippen LogP contribution in [0.1, 0.15) is 54.4 Å². The van der Waals surface area contributed by atoms with Gasteiger partial charge in [0, 0.05) is 12.1 Å². The van der Waals surface area contributed by atoms with Gasteiger partial charge in [-0.3, -0.25) is 4.79 Å². The number of amides is 1. The molecule has 2 rings (SSSR count). The van der Waals surface area contributed by atoms with Crippen molar-refractivity contribution in [1.29, 1.82) is 0 Å². The maximum atomic E-state index is 12.0. The number of hydrogen-bond acceptors (Lipinski definition) is 3. The van der Waals surface area contributed by atoms with E-state index in [-0.39, 0.29) is 12.5 Å². The molecule has 1 amide bonds. The van der Waals surface area contributed by atoms with Gasteiger partial charge in [0.2, 0.25) is 0 Å². The molecule has 0 heterocycles. The molecule has 1 saturated carbocycles. The highest BCUT2D eigenvalue weighted by molar-refractivity contribution is 5.94. The summed E-state index contributed by atoms with van der Waals surface area (Å²) < 4.78 is 0. The van der Waals surface area contributed by atoms with Crippen molar-refractivity contribution in [2.24, 2.45) is 0 Å². The summed E-state index contributed by atoms with van der Waals surface area (Å²) in [7, 11) is 0. The summed E-state index contributed by atoms with van der Waals surface area (Å²) in [6, 6.07) is 6.85. The number of aliphatic hydroxyl groups is 2. The predicted molar refractivity (Wildman–Crippen MR) is 77.3 cm³/mol. The summed E-state index contributed by atoms with van der Waals surface area (Å²) in [5.41, 5.74) is 0.584. The second kappa shape index (κ2) is 6.86. The predicted octanol–water partition coefficient (Wildman–Crippen LogP) is 1.99. The molecule has 0 radical (unpaired) electrons. The third-order valence-corrected chi connectivity index (χ3v) is 4.01. The van der Waals surface area contributed by atoms with E-state index in [4.69, 9.17) is 5.11 Å². The highest BCUT2D eigenvalue weighted by atomic mass is 16.3. The van der Waals surface area contributed by atoms with Crippen LogP contribution in [0.25, 0.3) is 0 Å². The lowest BCUT2D eigenvalue weighted by Crippen LogP contribution is -2.42. The Labute approximate surface area is 119 Å². The Morgan fingerprint density at radius 1 is 1.10 bits per heavy atom. The van der Waals surface area contributed by atoms with Gasteiger partial charge in [-0.2, -0.15) is 0 Å². The zero-order valence-corrected chi connectivity index (χ0v) is 11.8. The van der Waals surface area contributed by atoms with Gasteiger partial charge in [-0.15, -0.1) is 0 Å². The molecule has 4 heteroatoms. The van der Waals surface area contributed by atoms with E-state index < -0.39 is 5.60 Å². The van der Waals surface area contributed by atoms with Crippen molar-refractivity contribution >= 4 is 5.91 Å². The monoisotopic (exact) mass is 277 g/mol. The van der Waals surface area contributed by atoms with E-state index >= 15 is 0 Å². The summed E-state index contributed by atoms with van der Waals surface area (Å²) in [6.07, 6.45) is 5.90. The maximum Gasteiger partial charge on any atom is 0.251 e. The van der Waals surface area contributed by atoms with Crippen LogP contribution in [0.5, 0.6) is 0 Å².